The Balaban J connectivity index is 1.38. The lowest BCUT2D eigenvalue weighted by atomic mass is 9.69. The van der Waals surface area contributed by atoms with Gasteiger partial charge >= 0.3 is 0 Å². The number of benzene rings is 7. The lowest BCUT2D eigenvalue weighted by Crippen LogP contribution is -2.26. The summed E-state index contributed by atoms with van der Waals surface area (Å²) in [5, 5.41) is 3.80. The minimum absolute atomic E-state index is 0.402. The second kappa shape index (κ2) is 8.22. The van der Waals surface area contributed by atoms with Crippen LogP contribution in [0.5, 0.6) is 0 Å². The van der Waals surface area contributed by atoms with E-state index in [0.29, 0.717) is 0 Å². The zero-order valence-corrected chi connectivity index (χ0v) is 24.4. The molecule has 0 unspecified atom stereocenters. The topological polar surface area (TPSA) is 12.9 Å². The second-order valence-electron chi connectivity index (χ2n) is 12.6. The van der Waals surface area contributed by atoms with Gasteiger partial charge in [0.25, 0.3) is 0 Å². The van der Waals surface area contributed by atoms with Crippen molar-refractivity contribution in [1.82, 2.24) is 4.98 Å². The molecule has 45 heavy (non-hydrogen) atoms. The quantitative estimate of drug-likeness (QED) is 0.192. The first-order valence-corrected chi connectivity index (χ1v) is 15.7. The fraction of sp³-hybridized carbons (Fsp3) is 0.0227. The summed E-state index contributed by atoms with van der Waals surface area (Å²) in [5.41, 5.74) is 19.3. The van der Waals surface area contributed by atoms with Gasteiger partial charge in [0, 0.05) is 11.6 Å². The van der Waals surface area contributed by atoms with Crippen LogP contribution in [0.1, 0.15) is 22.3 Å². The monoisotopic (exact) mass is 567 g/mol. The standard InChI is InChI=1S/C44H25N/c1-4-18-35-29(13-1)30-14-2-5-19-36(30)44(35)37-20-6-3-15-32(37)43-38(44)25-34-31-16-7-10-27-11-8-17-33(40(27)31)42(34)41(43)28-22-21-26-12-9-23-45-39(26)24-28/h1-25H. The molecule has 0 aliphatic heterocycles. The molecule has 206 valence electrons. The average molecular weight is 568 g/mol. The normalized spacial score (nSPS) is 14.0. The first kappa shape index (κ1) is 23.6. The van der Waals surface area contributed by atoms with Crippen molar-refractivity contribution in [1.29, 1.82) is 0 Å². The molecule has 0 atom stereocenters. The predicted octanol–water partition coefficient (Wildman–Crippen LogP) is 11.0. The molecule has 0 radical (unpaired) electrons. The van der Waals surface area contributed by atoms with Crippen LogP contribution in [0.25, 0.3) is 77.3 Å². The highest BCUT2D eigenvalue weighted by atomic mass is 14.6. The van der Waals surface area contributed by atoms with Crippen LogP contribution in [0.4, 0.5) is 0 Å². The van der Waals surface area contributed by atoms with E-state index in [1.807, 2.05) is 12.3 Å². The molecule has 0 bridgehead atoms. The molecule has 0 saturated heterocycles. The van der Waals surface area contributed by atoms with Gasteiger partial charge in [0.1, 0.15) is 0 Å². The fourth-order valence-corrected chi connectivity index (χ4v) is 9.02. The number of pyridine rings is 1. The minimum atomic E-state index is -0.402. The van der Waals surface area contributed by atoms with E-state index in [1.165, 1.54) is 88.7 Å². The van der Waals surface area contributed by atoms with Crippen LogP contribution < -0.4 is 0 Å². The molecule has 3 aliphatic rings. The second-order valence-corrected chi connectivity index (χ2v) is 12.6. The smallest absolute Gasteiger partial charge is 0.0725 e. The maximum Gasteiger partial charge on any atom is 0.0725 e. The van der Waals surface area contributed by atoms with Gasteiger partial charge in [0.15, 0.2) is 0 Å². The molecule has 1 aromatic heterocycles. The van der Waals surface area contributed by atoms with Gasteiger partial charge in [-0.2, -0.15) is 0 Å². The van der Waals surface area contributed by atoms with Crippen molar-refractivity contribution in [2.75, 3.05) is 0 Å². The van der Waals surface area contributed by atoms with E-state index in [9.17, 15) is 0 Å². The number of fused-ring (bicyclic) bond motifs is 14. The van der Waals surface area contributed by atoms with Crippen molar-refractivity contribution in [2.24, 2.45) is 0 Å². The largest absolute Gasteiger partial charge is 0.256 e. The van der Waals surface area contributed by atoms with E-state index in [2.05, 4.69) is 140 Å². The molecule has 0 amide bonds. The first-order valence-electron chi connectivity index (χ1n) is 15.7. The Morgan fingerprint density at radius 2 is 1.00 bits per heavy atom. The minimum Gasteiger partial charge on any atom is -0.256 e. The summed E-state index contributed by atoms with van der Waals surface area (Å²) in [5.74, 6) is 0. The Bertz CT molecular complexity index is 2550. The Labute approximate surface area is 261 Å². The number of nitrogens with zero attached hydrogens (tertiary/aromatic N) is 1. The van der Waals surface area contributed by atoms with Crippen molar-refractivity contribution in [3.63, 3.8) is 0 Å². The van der Waals surface area contributed by atoms with Gasteiger partial charge in [-0.05, 0) is 107 Å². The van der Waals surface area contributed by atoms with Gasteiger partial charge in [0.2, 0.25) is 0 Å². The molecule has 0 N–H and O–H groups in total. The van der Waals surface area contributed by atoms with Crippen LogP contribution in [-0.4, -0.2) is 4.98 Å². The Kier molecular flexibility index (Phi) is 4.32. The molecule has 1 nitrogen and oxygen atoms in total. The van der Waals surface area contributed by atoms with E-state index in [4.69, 9.17) is 4.98 Å². The zero-order valence-electron chi connectivity index (χ0n) is 24.4. The molecule has 0 fully saturated rings. The van der Waals surface area contributed by atoms with Crippen molar-refractivity contribution in [2.45, 2.75) is 5.41 Å². The molecule has 11 rings (SSSR count). The molecular weight excluding hydrogens is 542 g/mol. The molecule has 1 spiro atoms. The number of aromatic nitrogens is 1. The average Bonchev–Trinajstić information content (AvgIpc) is 3.70. The summed E-state index contributed by atoms with van der Waals surface area (Å²) < 4.78 is 0. The molecule has 3 aliphatic carbocycles. The number of rotatable bonds is 1. The third-order valence-corrected chi connectivity index (χ3v) is 10.6. The predicted molar refractivity (Wildman–Crippen MR) is 185 cm³/mol. The van der Waals surface area contributed by atoms with Crippen molar-refractivity contribution < 1.29 is 0 Å². The first-order chi connectivity index (χ1) is 22.3. The summed E-state index contributed by atoms with van der Waals surface area (Å²) in [6.45, 7) is 0. The highest BCUT2D eigenvalue weighted by Gasteiger charge is 2.53. The van der Waals surface area contributed by atoms with Crippen LogP contribution >= 0.6 is 0 Å². The highest BCUT2D eigenvalue weighted by molar-refractivity contribution is 6.21. The van der Waals surface area contributed by atoms with Gasteiger partial charge in [-0.25, -0.2) is 0 Å². The van der Waals surface area contributed by atoms with Crippen LogP contribution in [-0.2, 0) is 5.41 Å². The summed E-state index contributed by atoms with van der Waals surface area (Å²) in [6, 6.07) is 54.5. The van der Waals surface area contributed by atoms with Gasteiger partial charge in [-0.3, -0.25) is 4.98 Å². The summed E-state index contributed by atoms with van der Waals surface area (Å²) in [6.07, 6.45) is 1.90. The van der Waals surface area contributed by atoms with Crippen molar-refractivity contribution >= 4 is 21.7 Å². The van der Waals surface area contributed by atoms with Crippen molar-refractivity contribution in [3.8, 4) is 55.6 Å². The van der Waals surface area contributed by atoms with Gasteiger partial charge in [-0.15, -0.1) is 0 Å². The Hall–Kier alpha value is -5.79. The lowest BCUT2D eigenvalue weighted by molar-refractivity contribution is 0.794. The maximum atomic E-state index is 4.81. The maximum absolute atomic E-state index is 4.81. The molecule has 1 heterocycles. The summed E-state index contributed by atoms with van der Waals surface area (Å²) >= 11 is 0. The molecule has 1 heteroatoms. The van der Waals surface area contributed by atoms with E-state index in [0.717, 1.165) is 10.9 Å². The van der Waals surface area contributed by atoms with Crippen molar-refractivity contribution in [3.05, 3.63) is 174 Å². The van der Waals surface area contributed by atoms with E-state index in [1.54, 1.807) is 0 Å². The van der Waals surface area contributed by atoms with E-state index in [-0.39, 0.29) is 0 Å². The highest BCUT2D eigenvalue weighted by Crippen LogP contribution is 2.67. The third-order valence-electron chi connectivity index (χ3n) is 10.6. The van der Waals surface area contributed by atoms with Crippen LogP contribution in [0.3, 0.4) is 0 Å². The van der Waals surface area contributed by atoms with Crippen LogP contribution in [0.2, 0.25) is 0 Å². The zero-order chi connectivity index (χ0) is 29.3. The SMILES string of the molecule is c1ccc2c(c1)-c1ccccc1C21c2ccccc2-c2c1cc1c(c2-c2ccc3cccnc3c2)-c2cccc3cccc-1c23. The molecule has 0 saturated carbocycles. The summed E-state index contributed by atoms with van der Waals surface area (Å²) in [7, 11) is 0. The molecular formula is C44H25N. The van der Waals surface area contributed by atoms with Gasteiger partial charge in [0.05, 0.1) is 10.9 Å². The van der Waals surface area contributed by atoms with Gasteiger partial charge in [-0.1, -0.05) is 127 Å². The fourth-order valence-electron chi connectivity index (χ4n) is 9.02. The number of hydrogen-bond donors (Lipinski definition) is 0. The Morgan fingerprint density at radius 3 is 1.76 bits per heavy atom. The Morgan fingerprint density at radius 1 is 0.378 bits per heavy atom. The van der Waals surface area contributed by atoms with Crippen LogP contribution in [0, 0.1) is 0 Å². The van der Waals surface area contributed by atoms with E-state index < -0.39 is 5.41 Å². The molecule has 7 aromatic carbocycles. The summed E-state index contributed by atoms with van der Waals surface area (Å²) in [4.78, 5) is 4.81. The van der Waals surface area contributed by atoms with Crippen LogP contribution in [0.15, 0.2) is 152 Å². The third kappa shape index (κ3) is 2.74. The number of hydrogen-bond acceptors (Lipinski definition) is 1. The lowest BCUT2D eigenvalue weighted by Gasteiger charge is -2.31. The molecule has 8 aromatic rings. The van der Waals surface area contributed by atoms with E-state index >= 15 is 0 Å². The van der Waals surface area contributed by atoms with Gasteiger partial charge < -0.3 is 0 Å².